The molecule has 2 aromatic rings. The smallest absolute Gasteiger partial charge is 0.255 e. The fraction of sp³-hybridized carbons (Fsp3) is 0.409. The maximum atomic E-state index is 12.6. The second-order valence-corrected chi connectivity index (χ2v) is 7.13. The Balaban J connectivity index is 1.57. The summed E-state index contributed by atoms with van der Waals surface area (Å²) in [5.74, 6) is 1.65. The SMILES string of the molecule is CC(C)COc1ccccc1NC(=O)c1ccc(OCC2CCCO2)cc1. The van der Waals surface area contributed by atoms with Gasteiger partial charge in [0.05, 0.1) is 18.4 Å². The quantitative estimate of drug-likeness (QED) is 0.743. The van der Waals surface area contributed by atoms with Crippen LogP contribution in [0.15, 0.2) is 48.5 Å². The number of para-hydroxylation sites is 2. The van der Waals surface area contributed by atoms with E-state index in [2.05, 4.69) is 19.2 Å². The number of amides is 1. The number of carbonyl (C=O) groups is 1. The van der Waals surface area contributed by atoms with Crippen molar-refractivity contribution in [3.63, 3.8) is 0 Å². The highest BCUT2D eigenvalue weighted by Gasteiger charge is 2.16. The van der Waals surface area contributed by atoms with Crippen LogP contribution in [0, 0.1) is 5.92 Å². The Labute approximate surface area is 160 Å². The molecule has 1 fully saturated rings. The first-order valence-corrected chi connectivity index (χ1v) is 9.49. The normalized spacial score (nSPS) is 16.3. The summed E-state index contributed by atoms with van der Waals surface area (Å²) in [4.78, 5) is 12.6. The molecule has 27 heavy (non-hydrogen) atoms. The third kappa shape index (κ3) is 5.73. The van der Waals surface area contributed by atoms with E-state index in [0.29, 0.717) is 36.1 Å². The van der Waals surface area contributed by atoms with Crippen molar-refractivity contribution in [1.82, 2.24) is 0 Å². The van der Waals surface area contributed by atoms with Crippen LogP contribution in [0.4, 0.5) is 5.69 Å². The first-order chi connectivity index (χ1) is 13.1. The zero-order valence-corrected chi connectivity index (χ0v) is 15.9. The van der Waals surface area contributed by atoms with E-state index in [0.717, 1.165) is 25.2 Å². The summed E-state index contributed by atoms with van der Waals surface area (Å²) in [7, 11) is 0. The Morgan fingerprint density at radius 1 is 1.15 bits per heavy atom. The van der Waals surface area contributed by atoms with Crippen molar-refractivity contribution < 1.29 is 19.0 Å². The number of hydrogen-bond donors (Lipinski definition) is 1. The average Bonchev–Trinajstić information content (AvgIpc) is 3.19. The van der Waals surface area contributed by atoms with Gasteiger partial charge in [-0.25, -0.2) is 0 Å². The zero-order valence-electron chi connectivity index (χ0n) is 15.9. The molecule has 0 saturated carbocycles. The standard InChI is InChI=1S/C22H27NO4/c1-16(2)14-27-21-8-4-3-7-20(21)23-22(24)17-9-11-18(12-10-17)26-15-19-6-5-13-25-19/h3-4,7-12,16,19H,5-6,13-15H2,1-2H3,(H,23,24). The second kappa shape index (κ2) is 9.42. The highest BCUT2D eigenvalue weighted by atomic mass is 16.5. The first kappa shape index (κ1) is 19.2. The summed E-state index contributed by atoms with van der Waals surface area (Å²) in [6.45, 7) is 6.14. The minimum atomic E-state index is -0.179. The maximum absolute atomic E-state index is 12.6. The van der Waals surface area contributed by atoms with Gasteiger partial charge in [-0.3, -0.25) is 4.79 Å². The second-order valence-electron chi connectivity index (χ2n) is 7.13. The van der Waals surface area contributed by atoms with Crippen molar-refractivity contribution in [3.8, 4) is 11.5 Å². The number of ether oxygens (including phenoxy) is 3. The Morgan fingerprint density at radius 2 is 1.93 bits per heavy atom. The van der Waals surface area contributed by atoms with Gasteiger partial charge in [0, 0.05) is 12.2 Å². The topological polar surface area (TPSA) is 56.8 Å². The van der Waals surface area contributed by atoms with Crippen LogP contribution < -0.4 is 14.8 Å². The molecule has 0 spiro atoms. The van der Waals surface area contributed by atoms with Gasteiger partial charge in [0.25, 0.3) is 5.91 Å². The van der Waals surface area contributed by atoms with Crippen molar-refractivity contribution >= 4 is 11.6 Å². The zero-order chi connectivity index (χ0) is 19.1. The summed E-state index contributed by atoms with van der Waals surface area (Å²) >= 11 is 0. The molecule has 0 radical (unpaired) electrons. The third-order valence-electron chi connectivity index (χ3n) is 4.28. The monoisotopic (exact) mass is 369 g/mol. The summed E-state index contributed by atoms with van der Waals surface area (Å²) in [5, 5.41) is 2.92. The summed E-state index contributed by atoms with van der Waals surface area (Å²) < 4.78 is 17.1. The molecule has 5 heteroatoms. The molecule has 0 bridgehead atoms. The van der Waals surface area contributed by atoms with Crippen LogP contribution in [0.1, 0.15) is 37.0 Å². The summed E-state index contributed by atoms with van der Waals surface area (Å²) in [6, 6.07) is 14.6. The van der Waals surface area contributed by atoms with Gasteiger partial charge in [-0.05, 0) is 55.2 Å². The number of benzene rings is 2. The lowest BCUT2D eigenvalue weighted by Gasteiger charge is -2.14. The fourth-order valence-electron chi connectivity index (χ4n) is 2.81. The molecule has 2 aromatic carbocycles. The third-order valence-corrected chi connectivity index (χ3v) is 4.28. The molecule has 0 aliphatic carbocycles. The molecule has 1 unspecified atom stereocenters. The van der Waals surface area contributed by atoms with Crippen molar-refractivity contribution in [3.05, 3.63) is 54.1 Å². The minimum Gasteiger partial charge on any atom is -0.491 e. The Kier molecular flexibility index (Phi) is 6.71. The molecule has 1 heterocycles. The largest absolute Gasteiger partial charge is 0.491 e. The first-order valence-electron chi connectivity index (χ1n) is 9.49. The highest BCUT2D eigenvalue weighted by Crippen LogP contribution is 2.25. The van der Waals surface area contributed by atoms with Crippen molar-refractivity contribution in [2.75, 3.05) is 25.1 Å². The molecule has 0 aromatic heterocycles. The number of hydrogen-bond acceptors (Lipinski definition) is 4. The number of anilines is 1. The lowest BCUT2D eigenvalue weighted by molar-refractivity contribution is 0.0679. The van der Waals surface area contributed by atoms with E-state index in [-0.39, 0.29) is 12.0 Å². The van der Waals surface area contributed by atoms with Crippen molar-refractivity contribution in [2.24, 2.45) is 5.92 Å². The van der Waals surface area contributed by atoms with E-state index < -0.39 is 0 Å². The van der Waals surface area contributed by atoms with Crippen molar-refractivity contribution in [2.45, 2.75) is 32.8 Å². The molecule has 5 nitrogen and oxygen atoms in total. The Bertz CT molecular complexity index is 736. The van der Waals surface area contributed by atoms with E-state index in [1.807, 2.05) is 36.4 Å². The predicted molar refractivity (Wildman–Crippen MR) is 106 cm³/mol. The molecule has 1 amide bonds. The molecule has 1 aliphatic heterocycles. The summed E-state index contributed by atoms with van der Waals surface area (Å²) in [6.07, 6.45) is 2.31. The molecule has 1 saturated heterocycles. The van der Waals surface area contributed by atoms with E-state index >= 15 is 0 Å². The van der Waals surface area contributed by atoms with Gasteiger partial charge in [0.1, 0.15) is 18.1 Å². The van der Waals surface area contributed by atoms with Crippen LogP contribution in [0.2, 0.25) is 0 Å². The van der Waals surface area contributed by atoms with Gasteiger partial charge in [-0.2, -0.15) is 0 Å². The van der Waals surface area contributed by atoms with Gasteiger partial charge < -0.3 is 19.5 Å². The average molecular weight is 369 g/mol. The number of rotatable bonds is 8. The van der Waals surface area contributed by atoms with Crippen LogP contribution in [0.5, 0.6) is 11.5 Å². The van der Waals surface area contributed by atoms with Crippen LogP contribution in [0.3, 0.4) is 0 Å². The lowest BCUT2D eigenvalue weighted by Crippen LogP contribution is -2.16. The Morgan fingerprint density at radius 3 is 2.63 bits per heavy atom. The van der Waals surface area contributed by atoms with Crippen LogP contribution in [0.25, 0.3) is 0 Å². The molecular weight excluding hydrogens is 342 g/mol. The number of carbonyl (C=O) groups excluding carboxylic acids is 1. The molecule has 1 atom stereocenters. The molecule has 1 N–H and O–H groups in total. The van der Waals surface area contributed by atoms with Crippen molar-refractivity contribution in [1.29, 1.82) is 0 Å². The van der Waals surface area contributed by atoms with E-state index in [1.54, 1.807) is 12.1 Å². The van der Waals surface area contributed by atoms with Crippen LogP contribution in [-0.4, -0.2) is 31.8 Å². The van der Waals surface area contributed by atoms with Crippen LogP contribution >= 0.6 is 0 Å². The maximum Gasteiger partial charge on any atom is 0.255 e. The number of nitrogens with one attached hydrogen (secondary N) is 1. The predicted octanol–water partition coefficient (Wildman–Crippen LogP) is 4.53. The van der Waals surface area contributed by atoms with Gasteiger partial charge in [-0.1, -0.05) is 26.0 Å². The van der Waals surface area contributed by atoms with E-state index in [9.17, 15) is 4.79 Å². The molecule has 1 aliphatic rings. The lowest BCUT2D eigenvalue weighted by atomic mass is 10.2. The highest BCUT2D eigenvalue weighted by molar-refractivity contribution is 6.05. The Hall–Kier alpha value is -2.53. The van der Waals surface area contributed by atoms with Gasteiger partial charge >= 0.3 is 0 Å². The molecule has 144 valence electrons. The fourth-order valence-corrected chi connectivity index (χ4v) is 2.81. The van der Waals surface area contributed by atoms with Gasteiger partial charge in [0.2, 0.25) is 0 Å². The van der Waals surface area contributed by atoms with Crippen LogP contribution in [-0.2, 0) is 4.74 Å². The van der Waals surface area contributed by atoms with Gasteiger partial charge in [-0.15, -0.1) is 0 Å². The van der Waals surface area contributed by atoms with E-state index in [4.69, 9.17) is 14.2 Å². The van der Waals surface area contributed by atoms with E-state index in [1.165, 1.54) is 0 Å². The molecule has 3 rings (SSSR count). The molecular formula is C22H27NO4. The summed E-state index contributed by atoms with van der Waals surface area (Å²) in [5.41, 5.74) is 1.24. The van der Waals surface area contributed by atoms with Gasteiger partial charge in [0.15, 0.2) is 0 Å². The minimum absolute atomic E-state index is 0.176.